The summed E-state index contributed by atoms with van der Waals surface area (Å²) in [6, 6.07) is 16.5. The van der Waals surface area contributed by atoms with Crippen LogP contribution in [0.4, 0.5) is 0 Å². The lowest BCUT2D eigenvalue weighted by atomic mass is 10.1. The smallest absolute Gasteiger partial charge is 0.209 e. The molecule has 0 unspecified atom stereocenters. The number of nitrogens with zero attached hydrogens (tertiary/aromatic N) is 2. The van der Waals surface area contributed by atoms with Crippen molar-refractivity contribution in [1.29, 1.82) is 0 Å². The molecule has 0 aliphatic rings. The molecular formula is C32H40N2O5S. The highest BCUT2D eigenvalue weighted by Crippen LogP contribution is 2.34. The van der Waals surface area contributed by atoms with Gasteiger partial charge in [0.2, 0.25) is 9.84 Å². The fourth-order valence-electron chi connectivity index (χ4n) is 4.98. The van der Waals surface area contributed by atoms with Crippen LogP contribution in [0.1, 0.15) is 42.9 Å². The second-order valence-electron chi connectivity index (χ2n) is 10.4. The minimum absolute atomic E-state index is 0.0774. The number of likely N-dealkylation sites (N-methyl/N-ethyl adjacent to an activating group) is 1. The van der Waals surface area contributed by atoms with Crippen LogP contribution < -0.4 is 14.2 Å². The van der Waals surface area contributed by atoms with Gasteiger partial charge in [-0.25, -0.2) is 8.42 Å². The third-order valence-electron chi connectivity index (χ3n) is 7.15. The number of aromatic nitrogens is 1. The summed E-state index contributed by atoms with van der Waals surface area (Å²) in [4.78, 5) is 2.92. The monoisotopic (exact) mass is 564 g/mol. The van der Waals surface area contributed by atoms with E-state index in [0.717, 1.165) is 48.6 Å². The van der Waals surface area contributed by atoms with Crippen LogP contribution in [-0.2, 0) is 16.3 Å². The molecule has 0 N–H and O–H groups in total. The van der Waals surface area contributed by atoms with Gasteiger partial charge in [-0.2, -0.15) is 0 Å². The van der Waals surface area contributed by atoms with Gasteiger partial charge >= 0.3 is 0 Å². The molecule has 40 heavy (non-hydrogen) atoms. The zero-order valence-corrected chi connectivity index (χ0v) is 25.1. The molecule has 0 bridgehead atoms. The molecule has 0 spiro atoms. The van der Waals surface area contributed by atoms with E-state index < -0.39 is 9.84 Å². The molecule has 0 fully saturated rings. The van der Waals surface area contributed by atoms with E-state index in [9.17, 15) is 8.42 Å². The number of rotatable bonds is 13. The van der Waals surface area contributed by atoms with Gasteiger partial charge in [0.1, 0.15) is 10.6 Å². The SMILES string of the molecule is COc1cc(CCN(C)CCCOc2ccc(S(=O)(=O)c3c(C(C)C)cn4ccccc34)cc2)cc(C)c1OC. The Labute approximate surface area is 238 Å². The standard InChI is InChI=1S/C32H40N2O5S/c1-23(2)28-22-34-17-8-7-10-29(34)32(28)40(35,36)27-13-11-26(12-14-27)39-19-9-16-33(4)18-15-25-20-24(3)31(38-6)30(21-25)37-5/h7-8,10-14,17,20-23H,9,15-16,18-19H2,1-6H3. The summed E-state index contributed by atoms with van der Waals surface area (Å²) < 4.78 is 46.0. The lowest BCUT2D eigenvalue weighted by Crippen LogP contribution is -2.23. The number of fused-ring (bicyclic) bond motifs is 1. The van der Waals surface area contributed by atoms with E-state index >= 15 is 0 Å². The maximum absolute atomic E-state index is 13.7. The number of pyridine rings is 1. The van der Waals surface area contributed by atoms with Crippen LogP contribution in [0, 0.1) is 6.92 Å². The van der Waals surface area contributed by atoms with Gasteiger partial charge in [-0.15, -0.1) is 0 Å². The molecule has 214 valence electrons. The minimum atomic E-state index is -3.69. The summed E-state index contributed by atoms with van der Waals surface area (Å²) in [5.41, 5.74) is 3.78. The van der Waals surface area contributed by atoms with Crippen LogP contribution in [0.5, 0.6) is 17.2 Å². The normalized spacial score (nSPS) is 11.9. The highest BCUT2D eigenvalue weighted by molar-refractivity contribution is 7.91. The van der Waals surface area contributed by atoms with Crippen LogP contribution in [0.2, 0.25) is 0 Å². The van der Waals surface area contributed by atoms with Crippen molar-refractivity contribution in [2.45, 2.75) is 49.3 Å². The van der Waals surface area contributed by atoms with Crippen molar-refractivity contribution in [1.82, 2.24) is 9.30 Å². The van der Waals surface area contributed by atoms with Crippen LogP contribution in [-0.4, -0.2) is 58.7 Å². The lowest BCUT2D eigenvalue weighted by Gasteiger charge is -2.18. The average Bonchev–Trinajstić information content (AvgIpc) is 3.35. The van der Waals surface area contributed by atoms with Gasteiger partial charge in [0.15, 0.2) is 11.5 Å². The Balaban J connectivity index is 1.31. The number of hydrogen-bond donors (Lipinski definition) is 0. The molecular weight excluding hydrogens is 524 g/mol. The van der Waals surface area contributed by atoms with Crippen molar-refractivity contribution >= 4 is 15.4 Å². The number of methoxy groups -OCH3 is 2. The zero-order valence-electron chi connectivity index (χ0n) is 24.3. The molecule has 7 nitrogen and oxygen atoms in total. The average molecular weight is 565 g/mol. The molecule has 0 saturated heterocycles. The summed E-state index contributed by atoms with van der Waals surface area (Å²) in [5.74, 6) is 2.28. The minimum Gasteiger partial charge on any atom is -0.494 e. The van der Waals surface area contributed by atoms with Crippen molar-refractivity contribution < 1.29 is 22.6 Å². The number of aryl methyl sites for hydroxylation is 1. The summed E-state index contributed by atoms with van der Waals surface area (Å²) in [6.07, 6.45) is 5.56. The van der Waals surface area contributed by atoms with Gasteiger partial charge in [0, 0.05) is 25.5 Å². The Morgan fingerprint density at radius 2 is 1.73 bits per heavy atom. The molecule has 2 heterocycles. The van der Waals surface area contributed by atoms with Gasteiger partial charge < -0.3 is 23.5 Å². The molecule has 0 atom stereocenters. The summed E-state index contributed by atoms with van der Waals surface area (Å²) in [7, 11) is 1.73. The van der Waals surface area contributed by atoms with E-state index in [1.807, 2.05) is 61.8 Å². The quantitative estimate of drug-likeness (QED) is 0.181. The topological polar surface area (TPSA) is 69.5 Å². The number of benzene rings is 2. The first-order chi connectivity index (χ1) is 19.1. The highest BCUT2D eigenvalue weighted by atomic mass is 32.2. The van der Waals surface area contributed by atoms with Gasteiger partial charge in [0.25, 0.3) is 0 Å². The maximum atomic E-state index is 13.7. The maximum Gasteiger partial charge on any atom is 0.209 e. The molecule has 2 aromatic carbocycles. The Morgan fingerprint density at radius 3 is 2.40 bits per heavy atom. The summed E-state index contributed by atoms with van der Waals surface area (Å²) in [5, 5.41) is 0. The molecule has 4 rings (SSSR count). The highest BCUT2D eigenvalue weighted by Gasteiger charge is 2.27. The van der Waals surface area contributed by atoms with Gasteiger partial charge in [-0.05, 0) is 91.9 Å². The van der Waals surface area contributed by atoms with E-state index in [1.54, 1.807) is 38.5 Å². The molecule has 0 aliphatic carbocycles. The van der Waals surface area contributed by atoms with Gasteiger partial charge in [-0.3, -0.25) is 0 Å². The first-order valence-corrected chi connectivity index (χ1v) is 15.1. The second kappa shape index (κ2) is 12.8. The largest absolute Gasteiger partial charge is 0.494 e. The fourth-order valence-corrected chi connectivity index (χ4v) is 6.76. The Hall–Kier alpha value is -3.49. The van der Waals surface area contributed by atoms with Gasteiger partial charge in [-0.1, -0.05) is 26.0 Å². The first kappa shape index (κ1) is 29.5. The number of ether oxygens (including phenoxy) is 3. The summed E-state index contributed by atoms with van der Waals surface area (Å²) >= 11 is 0. The fraction of sp³-hybridized carbons (Fsp3) is 0.375. The van der Waals surface area contributed by atoms with Crippen LogP contribution in [0.3, 0.4) is 0 Å². The van der Waals surface area contributed by atoms with E-state index in [0.29, 0.717) is 22.8 Å². The van der Waals surface area contributed by atoms with Crippen molar-refractivity contribution in [2.24, 2.45) is 0 Å². The van der Waals surface area contributed by atoms with Crippen molar-refractivity contribution in [2.75, 3.05) is 41.0 Å². The van der Waals surface area contributed by atoms with Crippen molar-refractivity contribution in [3.63, 3.8) is 0 Å². The van der Waals surface area contributed by atoms with Crippen LogP contribution in [0.25, 0.3) is 5.52 Å². The molecule has 8 heteroatoms. The Kier molecular flexibility index (Phi) is 9.43. The first-order valence-electron chi connectivity index (χ1n) is 13.6. The predicted molar refractivity (Wildman–Crippen MR) is 159 cm³/mol. The number of sulfone groups is 1. The molecule has 2 aromatic heterocycles. The van der Waals surface area contributed by atoms with E-state index in [1.165, 1.54) is 5.56 Å². The molecule has 0 aliphatic heterocycles. The third-order valence-corrected chi connectivity index (χ3v) is 9.02. The van der Waals surface area contributed by atoms with E-state index in [-0.39, 0.29) is 10.8 Å². The second-order valence-corrected chi connectivity index (χ2v) is 12.3. The molecule has 0 saturated carbocycles. The lowest BCUT2D eigenvalue weighted by molar-refractivity contribution is 0.264. The van der Waals surface area contributed by atoms with Crippen molar-refractivity contribution in [3.05, 3.63) is 83.7 Å². The molecule has 0 amide bonds. The van der Waals surface area contributed by atoms with E-state index in [4.69, 9.17) is 14.2 Å². The Morgan fingerprint density at radius 1 is 0.975 bits per heavy atom. The van der Waals surface area contributed by atoms with Crippen molar-refractivity contribution in [3.8, 4) is 17.2 Å². The van der Waals surface area contributed by atoms with Gasteiger partial charge in [0.05, 0.1) is 31.2 Å². The zero-order chi connectivity index (χ0) is 28.9. The molecule has 0 radical (unpaired) electrons. The molecule has 4 aromatic rings. The van der Waals surface area contributed by atoms with E-state index in [2.05, 4.69) is 18.0 Å². The Bertz CT molecular complexity index is 1540. The third kappa shape index (κ3) is 6.45. The predicted octanol–water partition coefficient (Wildman–Crippen LogP) is 6.16. The van der Waals surface area contributed by atoms with Crippen LogP contribution >= 0.6 is 0 Å². The van der Waals surface area contributed by atoms with Crippen LogP contribution in [0.15, 0.2) is 76.8 Å². The number of hydrogen-bond acceptors (Lipinski definition) is 6. The summed E-state index contributed by atoms with van der Waals surface area (Å²) in [6.45, 7) is 8.40.